The number of hydrogen-bond donors (Lipinski definition) is 1. The van der Waals surface area contributed by atoms with Gasteiger partial charge in [0.05, 0.1) is 11.6 Å². The van der Waals surface area contributed by atoms with Gasteiger partial charge in [0, 0.05) is 13.1 Å². The summed E-state index contributed by atoms with van der Waals surface area (Å²) < 4.78 is 0. The van der Waals surface area contributed by atoms with Crippen molar-refractivity contribution in [2.24, 2.45) is 0 Å². The van der Waals surface area contributed by atoms with Gasteiger partial charge in [0.15, 0.2) is 0 Å². The van der Waals surface area contributed by atoms with Crippen LogP contribution in [0.3, 0.4) is 0 Å². The molecule has 0 aliphatic carbocycles. The van der Waals surface area contributed by atoms with Crippen molar-refractivity contribution >= 4 is 0 Å². The maximum atomic E-state index is 9.29. The standard InChI is InChI=1S/C10H17NO/c1-4-10(2,3)11-7-5-9(12)6-8-11/h1,9,12H,5-8H2,2-3H3. The van der Waals surface area contributed by atoms with E-state index in [1.165, 1.54) is 0 Å². The molecule has 1 fully saturated rings. The van der Waals surface area contributed by atoms with Crippen molar-refractivity contribution in [2.75, 3.05) is 13.1 Å². The van der Waals surface area contributed by atoms with E-state index in [4.69, 9.17) is 6.42 Å². The van der Waals surface area contributed by atoms with Gasteiger partial charge >= 0.3 is 0 Å². The first-order valence-electron chi connectivity index (χ1n) is 4.47. The Hall–Kier alpha value is -0.520. The van der Waals surface area contributed by atoms with Crippen LogP contribution in [-0.4, -0.2) is 34.7 Å². The summed E-state index contributed by atoms with van der Waals surface area (Å²) in [5.41, 5.74) is -0.153. The van der Waals surface area contributed by atoms with Crippen LogP contribution in [0.1, 0.15) is 26.7 Å². The first kappa shape index (κ1) is 9.57. The second-order valence-electron chi connectivity index (χ2n) is 3.92. The van der Waals surface area contributed by atoms with E-state index in [9.17, 15) is 5.11 Å². The Morgan fingerprint density at radius 1 is 1.42 bits per heavy atom. The third kappa shape index (κ3) is 2.00. The lowest BCUT2D eigenvalue weighted by Gasteiger charge is -2.38. The van der Waals surface area contributed by atoms with E-state index < -0.39 is 0 Å². The molecule has 0 spiro atoms. The van der Waals surface area contributed by atoms with Gasteiger partial charge in [-0.3, -0.25) is 4.90 Å². The topological polar surface area (TPSA) is 23.5 Å². The maximum Gasteiger partial charge on any atom is 0.0766 e. The highest BCUT2D eigenvalue weighted by molar-refractivity contribution is 5.09. The Morgan fingerprint density at radius 3 is 2.33 bits per heavy atom. The summed E-state index contributed by atoms with van der Waals surface area (Å²) in [6.07, 6.45) is 7.01. The Morgan fingerprint density at radius 2 is 1.92 bits per heavy atom. The van der Waals surface area contributed by atoms with E-state index in [-0.39, 0.29) is 11.6 Å². The molecule has 0 atom stereocenters. The lowest BCUT2D eigenvalue weighted by molar-refractivity contribution is 0.0509. The van der Waals surface area contributed by atoms with Crippen LogP contribution in [0.5, 0.6) is 0 Å². The van der Waals surface area contributed by atoms with Crippen LogP contribution in [-0.2, 0) is 0 Å². The van der Waals surface area contributed by atoms with Crippen molar-refractivity contribution in [3.63, 3.8) is 0 Å². The normalized spacial score (nSPS) is 22.2. The minimum atomic E-state index is -0.153. The zero-order chi connectivity index (χ0) is 9.19. The fraction of sp³-hybridized carbons (Fsp3) is 0.800. The molecule has 0 amide bonds. The van der Waals surface area contributed by atoms with Gasteiger partial charge in [-0.05, 0) is 26.7 Å². The molecule has 0 aromatic heterocycles. The Bertz CT molecular complexity index is 185. The molecule has 0 radical (unpaired) electrons. The number of likely N-dealkylation sites (tertiary alicyclic amines) is 1. The van der Waals surface area contributed by atoms with Crippen LogP contribution < -0.4 is 0 Å². The van der Waals surface area contributed by atoms with Gasteiger partial charge in [-0.1, -0.05) is 5.92 Å². The number of rotatable bonds is 1. The second-order valence-corrected chi connectivity index (χ2v) is 3.92. The lowest BCUT2D eigenvalue weighted by Crippen LogP contribution is -2.48. The summed E-state index contributed by atoms with van der Waals surface area (Å²) in [6, 6.07) is 0. The number of nitrogens with zero attached hydrogens (tertiary/aromatic N) is 1. The van der Waals surface area contributed by atoms with E-state index in [0.29, 0.717) is 0 Å². The highest BCUT2D eigenvalue weighted by Crippen LogP contribution is 2.19. The van der Waals surface area contributed by atoms with Gasteiger partial charge in [0.2, 0.25) is 0 Å². The third-order valence-corrected chi connectivity index (χ3v) is 2.61. The van der Waals surface area contributed by atoms with Crippen LogP contribution in [0.2, 0.25) is 0 Å². The van der Waals surface area contributed by atoms with E-state index in [1.54, 1.807) is 0 Å². The Labute approximate surface area is 74.6 Å². The van der Waals surface area contributed by atoms with Crippen LogP contribution in [0, 0.1) is 12.3 Å². The van der Waals surface area contributed by atoms with Crippen molar-refractivity contribution in [1.82, 2.24) is 4.90 Å². The van der Waals surface area contributed by atoms with Crippen molar-refractivity contribution < 1.29 is 5.11 Å². The first-order chi connectivity index (χ1) is 5.56. The highest BCUT2D eigenvalue weighted by Gasteiger charge is 2.27. The summed E-state index contributed by atoms with van der Waals surface area (Å²) in [5, 5.41) is 9.29. The van der Waals surface area contributed by atoms with E-state index in [1.807, 2.05) is 13.8 Å². The van der Waals surface area contributed by atoms with Gasteiger partial charge < -0.3 is 5.11 Å². The molecule has 2 nitrogen and oxygen atoms in total. The Kier molecular flexibility index (Phi) is 2.76. The number of aliphatic hydroxyl groups is 1. The molecule has 1 saturated heterocycles. The molecule has 0 aromatic carbocycles. The molecule has 1 aliphatic heterocycles. The molecular weight excluding hydrogens is 150 g/mol. The highest BCUT2D eigenvalue weighted by atomic mass is 16.3. The van der Waals surface area contributed by atoms with Crippen LogP contribution in [0.4, 0.5) is 0 Å². The first-order valence-corrected chi connectivity index (χ1v) is 4.47. The fourth-order valence-electron chi connectivity index (χ4n) is 1.52. The minimum absolute atomic E-state index is 0.116. The van der Waals surface area contributed by atoms with Gasteiger partial charge in [0.1, 0.15) is 0 Å². The quantitative estimate of drug-likeness (QED) is 0.585. The molecule has 1 aliphatic rings. The summed E-state index contributed by atoms with van der Waals surface area (Å²) >= 11 is 0. The molecule has 1 rings (SSSR count). The SMILES string of the molecule is C#CC(C)(C)N1CCC(O)CC1. The molecular formula is C10H17NO. The van der Waals surface area contributed by atoms with Gasteiger partial charge in [-0.2, -0.15) is 0 Å². The molecule has 0 aromatic rings. The number of hydrogen-bond acceptors (Lipinski definition) is 2. The summed E-state index contributed by atoms with van der Waals surface area (Å²) in [4.78, 5) is 2.25. The smallest absolute Gasteiger partial charge is 0.0766 e. The molecule has 0 saturated carbocycles. The third-order valence-electron chi connectivity index (χ3n) is 2.61. The van der Waals surface area contributed by atoms with Gasteiger partial charge in [-0.15, -0.1) is 6.42 Å². The average molecular weight is 167 g/mol. The van der Waals surface area contributed by atoms with Crippen molar-refractivity contribution in [3.8, 4) is 12.3 Å². The maximum absolute atomic E-state index is 9.29. The average Bonchev–Trinajstić information content (AvgIpc) is 2.05. The molecule has 68 valence electrons. The lowest BCUT2D eigenvalue weighted by atomic mass is 9.98. The minimum Gasteiger partial charge on any atom is -0.393 e. The number of piperidine rings is 1. The predicted octanol–water partition coefficient (Wildman–Crippen LogP) is 0.855. The van der Waals surface area contributed by atoms with Gasteiger partial charge in [0.25, 0.3) is 0 Å². The summed E-state index contributed by atoms with van der Waals surface area (Å²) in [6.45, 7) is 5.92. The largest absolute Gasteiger partial charge is 0.393 e. The molecule has 0 unspecified atom stereocenters. The monoisotopic (exact) mass is 167 g/mol. The van der Waals surface area contributed by atoms with E-state index in [0.717, 1.165) is 25.9 Å². The van der Waals surface area contributed by atoms with E-state index in [2.05, 4.69) is 10.8 Å². The number of terminal acetylenes is 1. The van der Waals surface area contributed by atoms with Gasteiger partial charge in [-0.25, -0.2) is 0 Å². The van der Waals surface area contributed by atoms with Crippen LogP contribution >= 0.6 is 0 Å². The second kappa shape index (κ2) is 3.47. The Balaban J connectivity index is 2.51. The van der Waals surface area contributed by atoms with Crippen LogP contribution in [0.25, 0.3) is 0 Å². The molecule has 12 heavy (non-hydrogen) atoms. The predicted molar refractivity (Wildman–Crippen MR) is 49.7 cm³/mol. The van der Waals surface area contributed by atoms with Crippen molar-refractivity contribution in [3.05, 3.63) is 0 Å². The summed E-state index contributed by atoms with van der Waals surface area (Å²) in [7, 11) is 0. The zero-order valence-corrected chi connectivity index (χ0v) is 7.88. The van der Waals surface area contributed by atoms with E-state index >= 15 is 0 Å². The van der Waals surface area contributed by atoms with Crippen molar-refractivity contribution in [2.45, 2.75) is 38.3 Å². The molecule has 1 N–H and O–H groups in total. The molecule has 0 bridgehead atoms. The summed E-state index contributed by atoms with van der Waals surface area (Å²) in [5.74, 6) is 2.77. The molecule has 1 heterocycles. The van der Waals surface area contributed by atoms with Crippen LogP contribution in [0.15, 0.2) is 0 Å². The van der Waals surface area contributed by atoms with Crippen molar-refractivity contribution in [1.29, 1.82) is 0 Å². The molecule has 2 heteroatoms. The number of aliphatic hydroxyl groups excluding tert-OH is 1. The zero-order valence-electron chi connectivity index (χ0n) is 7.88. The fourth-order valence-corrected chi connectivity index (χ4v) is 1.52.